The standard InChI is InChI=1S/C12H20/c1-4-5-6-7-8-9-10-11-12(2)3/h4-7,10-12H,8-9H2,1-3H3. The minimum atomic E-state index is 0.685. The average molecular weight is 164 g/mol. The minimum Gasteiger partial charge on any atom is -0.0880 e. The third-order valence-electron chi connectivity index (χ3n) is 1.46. The molecule has 0 aromatic heterocycles. The summed E-state index contributed by atoms with van der Waals surface area (Å²) in [7, 11) is 0. The maximum absolute atomic E-state index is 2.25. The maximum Gasteiger partial charge on any atom is -0.0290 e. The van der Waals surface area contributed by atoms with Gasteiger partial charge < -0.3 is 0 Å². The predicted octanol–water partition coefficient (Wildman–Crippen LogP) is 4.11. The largest absolute Gasteiger partial charge is 0.0880 e. The van der Waals surface area contributed by atoms with Crippen molar-refractivity contribution in [3.05, 3.63) is 36.5 Å². The van der Waals surface area contributed by atoms with E-state index in [0.717, 1.165) is 12.8 Å². The zero-order valence-corrected chi connectivity index (χ0v) is 8.46. The van der Waals surface area contributed by atoms with Crippen LogP contribution in [0.15, 0.2) is 36.5 Å². The summed E-state index contributed by atoms with van der Waals surface area (Å²) in [6.45, 7) is 6.43. The second kappa shape index (κ2) is 8.32. The fourth-order valence-electron chi connectivity index (χ4n) is 0.847. The molecule has 0 atom stereocenters. The fraction of sp³-hybridized carbons (Fsp3) is 0.500. The van der Waals surface area contributed by atoms with Gasteiger partial charge in [-0.3, -0.25) is 0 Å². The molecular formula is C12H20. The Morgan fingerprint density at radius 1 is 1.00 bits per heavy atom. The van der Waals surface area contributed by atoms with Gasteiger partial charge in [-0.05, 0) is 25.7 Å². The molecular weight excluding hydrogens is 144 g/mol. The minimum absolute atomic E-state index is 0.685. The number of hydrogen-bond acceptors (Lipinski definition) is 0. The van der Waals surface area contributed by atoms with Gasteiger partial charge >= 0.3 is 0 Å². The van der Waals surface area contributed by atoms with Crippen molar-refractivity contribution in [2.45, 2.75) is 33.6 Å². The summed E-state index contributed by atoms with van der Waals surface area (Å²) in [5, 5.41) is 0. The lowest BCUT2D eigenvalue weighted by molar-refractivity contribution is 0.823. The Balaban J connectivity index is 3.32. The first kappa shape index (κ1) is 11.2. The van der Waals surface area contributed by atoms with Crippen LogP contribution in [0.3, 0.4) is 0 Å². The van der Waals surface area contributed by atoms with Crippen LogP contribution in [0.1, 0.15) is 33.6 Å². The number of hydrogen-bond donors (Lipinski definition) is 0. The van der Waals surface area contributed by atoms with Crippen LogP contribution in [0, 0.1) is 5.92 Å². The smallest absolute Gasteiger partial charge is 0.0290 e. The molecule has 12 heavy (non-hydrogen) atoms. The molecule has 0 aromatic rings. The quantitative estimate of drug-likeness (QED) is 0.326. The van der Waals surface area contributed by atoms with Crippen LogP contribution in [0.25, 0.3) is 0 Å². The van der Waals surface area contributed by atoms with Gasteiger partial charge in [-0.1, -0.05) is 50.3 Å². The first-order chi connectivity index (χ1) is 5.77. The van der Waals surface area contributed by atoms with Crippen molar-refractivity contribution >= 4 is 0 Å². The molecule has 0 spiro atoms. The maximum atomic E-state index is 2.25. The molecule has 0 saturated heterocycles. The molecule has 0 aliphatic rings. The van der Waals surface area contributed by atoms with Crippen molar-refractivity contribution in [3.63, 3.8) is 0 Å². The summed E-state index contributed by atoms with van der Waals surface area (Å²) >= 11 is 0. The van der Waals surface area contributed by atoms with Crippen molar-refractivity contribution in [2.24, 2.45) is 5.92 Å². The van der Waals surface area contributed by atoms with Crippen LogP contribution in [-0.2, 0) is 0 Å². The van der Waals surface area contributed by atoms with Crippen molar-refractivity contribution in [3.8, 4) is 0 Å². The molecule has 0 rings (SSSR count). The molecule has 0 aliphatic carbocycles. The highest BCUT2D eigenvalue weighted by atomic mass is 13.9. The summed E-state index contributed by atoms with van der Waals surface area (Å²) in [6, 6.07) is 0. The molecule has 0 nitrogen and oxygen atoms in total. The Bertz CT molecular complexity index is 159. The fourth-order valence-corrected chi connectivity index (χ4v) is 0.847. The van der Waals surface area contributed by atoms with E-state index in [1.165, 1.54) is 0 Å². The molecule has 0 aromatic carbocycles. The Hall–Kier alpha value is -0.780. The first-order valence-electron chi connectivity index (χ1n) is 4.72. The second-order valence-corrected chi connectivity index (χ2v) is 3.20. The van der Waals surface area contributed by atoms with Crippen LogP contribution < -0.4 is 0 Å². The molecule has 0 heteroatoms. The lowest BCUT2D eigenvalue weighted by atomic mass is 10.2. The van der Waals surface area contributed by atoms with Crippen LogP contribution in [0.5, 0.6) is 0 Å². The lowest BCUT2D eigenvalue weighted by Crippen LogP contribution is -1.76. The van der Waals surface area contributed by atoms with Crippen molar-refractivity contribution < 1.29 is 0 Å². The average Bonchev–Trinajstić information content (AvgIpc) is 2.02. The summed E-state index contributed by atoms with van der Waals surface area (Å²) in [5.41, 5.74) is 0. The van der Waals surface area contributed by atoms with E-state index in [2.05, 4.69) is 44.2 Å². The summed E-state index contributed by atoms with van der Waals surface area (Å²) in [4.78, 5) is 0. The highest BCUT2D eigenvalue weighted by molar-refractivity contribution is 5.01. The van der Waals surface area contributed by atoms with Gasteiger partial charge in [0.2, 0.25) is 0 Å². The Morgan fingerprint density at radius 2 is 1.67 bits per heavy atom. The SMILES string of the molecule is CC=CC=CCCC=CC(C)C. The van der Waals surface area contributed by atoms with Gasteiger partial charge in [0.15, 0.2) is 0 Å². The molecule has 0 saturated carbocycles. The van der Waals surface area contributed by atoms with Crippen LogP contribution in [-0.4, -0.2) is 0 Å². The van der Waals surface area contributed by atoms with Gasteiger partial charge in [0.25, 0.3) is 0 Å². The molecule has 0 amide bonds. The van der Waals surface area contributed by atoms with E-state index in [9.17, 15) is 0 Å². The Kier molecular flexibility index (Phi) is 7.78. The molecule has 0 unspecified atom stereocenters. The van der Waals surface area contributed by atoms with Crippen molar-refractivity contribution in [1.82, 2.24) is 0 Å². The van der Waals surface area contributed by atoms with E-state index >= 15 is 0 Å². The van der Waals surface area contributed by atoms with E-state index in [1.807, 2.05) is 13.0 Å². The molecule has 0 bridgehead atoms. The summed E-state index contributed by atoms with van der Waals surface area (Å²) in [6.07, 6.45) is 15.2. The summed E-state index contributed by atoms with van der Waals surface area (Å²) < 4.78 is 0. The van der Waals surface area contributed by atoms with E-state index in [1.54, 1.807) is 0 Å². The predicted molar refractivity (Wildman–Crippen MR) is 57.2 cm³/mol. The van der Waals surface area contributed by atoms with E-state index < -0.39 is 0 Å². The lowest BCUT2D eigenvalue weighted by Gasteiger charge is -1.91. The third kappa shape index (κ3) is 9.22. The monoisotopic (exact) mass is 164 g/mol. The first-order valence-corrected chi connectivity index (χ1v) is 4.72. The molecule has 0 aliphatic heterocycles. The van der Waals surface area contributed by atoms with Gasteiger partial charge in [-0.2, -0.15) is 0 Å². The van der Waals surface area contributed by atoms with Gasteiger partial charge in [0.1, 0.15) is 0 Å². The molecule has 0 radical (unpaired) electrons. The topological polar surface area (TPSA) is 0 Å². The van der Waals surface area contributed by atoms with E-state index in [4.69, 9.17) is 0 Å². The highest BCUT2D eigenvalue weighted by Gasteiger charge is 1.81. The van der Waals surface area contributed by atoms with Crippen LogP contribution >= 0.6 is 0 Å². The zero-order chi connectivity index (χ0) is 9.23. The molecule has 0 fully saturated rings. The van der Waals surface area contributed by atoms with Gasteiger partial charge in [-0.25, -0.2) is 0 Å². The zero-order valence-electron chi connectivity index (χ0n) is 8.46. The van der Waals surface area contributed by atoms with Crippen molar-refractivity contribution in [1.29, 1.82) is 0 Å². The molecule has 0 N–H and O–H groups in total. The number of rotatable bonds is 5. The Labute approximate surface area is 76.7 Å². The molecule has 68 valence electrons. The van der Waals surface area contributed by atoms with Gasteiger partial charge in [-0.15, -0.1) is 0 Å². The highest BCUT2D eigenvalue weighted by Crippen LogP contribution is 1.98. The van der Waals surface area contributed by atoms with Gasteiger partial charge in [0, 0.05) is 0 Å². The molecule has 0 heterocycles. The summed E-state index contributed by atoms with van der Waals surface area (Å²) in [5.74, 6) is 0.685. The number of unbranched alkanes of at least 4 members (excludes halogenated alkanes) is 1. The van der Waals surface area contributed by atoms with Gasteiger partial charge in [0.05, 0.1) is 0 Å². The second-order valence-electron chi connectivity index (χ2n) is 3.20. The van der Waals surface area contributed by atoms with E-state index in [0.29, 0.717) is 5.92 Å². The van der Waals surface area contributed by atoms with Crippen LogP contribution in [0.2, 0.25) is 0 Å². The van der Waals surface area contributed by atoms with Crippen molar-refractivity contribution in [2.75, 3.05) is 0 Å². The van der Waals surface area contributed by atoms with Crippen LogP contribution in [0.4, 0.5) is 0 Å². The normalized spacial score (nSPS) is 13.0. The third-order valence-corrected chi connectivity index (χ3v) is 1.46. The number of allylic oxidation sites excluding steroid dienone is 6. The Morgan fingerprint density at radius 3 is 2.25 bits per heavy atom. The van der Waals surface area contributed by atoms with E-state index in [-0.39, 0.29) is 0 Å².